The van der Waals surface area contributed by atoms with E-state index in [1.165, 1.54) is 0 Å². The maximum atomic E-state index is 11.5. The Morgan fingerprint density at radius 2 is 2.06 bits per heavy atom. The predicted molar refractivity (Wildman–Crippen MR) is 74.4 cm³/mol. The van der Waals surface area contributed by atoms with Crippen molar-refractivity contribution in [2.45, 2.75) is 19.9 Å². The number of urea groups is 1. The first-order valence-corrected chi connectivity index (χ1v) is 6.36. The zero-order chi connectivity index (χ0) is 13.5. The van der Waals surface area contributed by atoms with E-state index in [9.17, 15) is 9.59 Å². The minimum absolute atomic E-state index is 0.0399. The Kier molecular flexibility index (Phi) is 5.64. The normalized spacial score (nSPS) is 10.0. The van der Waals surface area contributed by atoms with Crippen LogP contribution in [-0.2, 0) is 4.79 Å². The van der Waals surface area contributed by atoms with Crippen LogP contribution in [0.15, 0.2) is 28.7 Å². The molecule has 5 nitrogen and oxygen atoms in total. The van der Waals surface area contributed by atoms with Crippen LogP contribution in [0.5, 0.6) is 0 Å². The molecule has 0 aliphatic carbocycles. The van der Waals surface area contributed by atoms with Gasteiger partial charge in [0.05, 0.1) is 6.54 Å². The number of amides is 3. The highest BCUT2D eigenvalue weighted by atomic mass is 79.9. The molecule has 1 rings (SSSR count). The summed E-state index contributed by atoms with van der Waals surface area (Å²) in [7, 11) is 0. The number of halogens is 1. The molecule has 1 aromatic carbocycles. The molecule has 0 radical (unpaired) electrons. The lowest BCUT2D eigenvalue weighted by molar-refractivity contribution is -0.115. The first kappa shape index (κ1) is 14.5. The number of hydrogen-bond donors (Lipinski definition) is 3. The summed E-state index contributed by atoms with van der Waals surface area (Å²) >= 11 is 3.31. The maximum Gasteiger partial charge on any atom is 0.315 e. The fourth-order valence-corrected chi connectivity index (χ4v) is 1.64. The fraction of sp³-hybridized carbons (Fsp3) is 0.333. The van der Waals surface area contributed by atoms with Gasteiger partial charge in [-0.3, -0.25) is 4.79 Å². The second-order valence-corrected chi connectivity index (χ2v) is 4.96. The van der Waals surface area contributed by atoms with Crippen LogP contribution in [0.1, 0.15) is 13.8 Å². The van der Waals surface area contributed by atoms with Crippen molar-refractivity contribution in [1.82, 2.24) is 10.6 Å². The molecule has 0 atom stereocenters. The quantitative estimate of drug-likeness (QED) is 0.796. The lowest BCUT2D eigenvalue weighted by Crippen LogP contribution is -2.42. The van der Waals surface area contributed by atoms with Gasteiger partial charge in [0, 0.05) is 16.2 Å². The van der Waals surface area contributed by atoms with Crippen molar-refractivity contribution in [1.29, 1.82) is 0 Å². The van der Waals surface area contributed by atoms with Gasteiger partial charge in [0.25, 0.3) is 0 Å². The highest BCUT2D eigenvalue weighted by molar-refractivity contribution is 9.10. The van der Waals surface area contributed by atoms with Crippen LogP contribution in [0.2, 0.25) is 0 Å². The molecule has 98 valence electrons. The number of nitrogens with one attached hydrogen (secondary N) is 3. The van der Waals surface area contributed by atoms with Crippen molar-refractivity contribution in [3.05, 3.63) is 28.7 Å². The van der Waals surface area contributed by atoms with Gasteiger partial charge in [-0.15, -0.1) is 0 Å². The molecule has 0 unspecified atom stereocenters. The van der Waals surface area contributed by atoms with E-state index in [1.807, 2.05) is 26.0 Å². The summed E-state index contributed by atoms with van der Waals surface area (Å²) < 4.78 is 0.880. The summed E-state index contributed by atoms with van der Waals surface area (Å²) in [5, 5.41) is 7.79. The summed E-state index contributed by atoms with van der Waals surface area (Å²) in [5.74, 6) is -0.271. The molecule has 0 aliphatic rings. The van der Waals surface area contributed by atoms with Crippen molar-refractivity contribution >= 4 is 33.6 Å². The van der Waals surface area contributed by atoms with Gasteiger partial charge in [0.15, 0.2) is 0 Å². The molecule has 6 heteroatoms. The molecule has 0 saturated heterocycles. The molecular weight excluding hydrogens is 298 g/mol. The van der Waals surface area contributed by atoms with Crippen LogP contribution < -0.4 is 16.0 Å². The van der Waals surface area contributed by atoms with Gasteiger partial charge < -0.3 is 16.0 Å². The number of hydrogen-bond acceptors (Lipinski definition) is 2. The van der Waals surface area contributed by atoms with E-state index in [1.54, 1.807) is 12.1 Å². The first-order chi connectivity index (χ1) is 8.47. The van der Waals surface area contributed by atoms with Gasteiger partial charge in [-0.25, -0.2) is 4.79 Å². The predicted octanol–water partition coefficient (Wildman–Crippen LogP) is 2.10. The fourth-order valence-electron chi connectivity index (χ4n) is 1.25. The lowest BCUT2D eigenvalue weighted by Gasteiger charge is -2.10. The Morgan fingerprint density at radius 1 is 1.33 bits per heavy atom. The van der Waals surface area contributed by atoms with Crippen molar-refractivity contribution in [3.8, 4) is 0 Å². The third-order valence-corrected chi connectivity index (χ3v) is 2.43. The summed E-state index contributed by atoms with van der Waals surface area (Å²) in [5.41, 5.74) is 0.681. The molecule has 0 heterocycles. The first-order valence-electron chi connectivity index (χ1n) is 5.57. The van der Waals surface area contributed by atoms with Crippen LogP contribution in [-0.4, -0.2) is 24.5 Å². The van der Waals surface area contributed by atoms with E-state index in [-0.39, 0.29) is 24.5 Å². The molecule has 0 bridgehead atoms. The third-order valence-electron chi connectivity index (χ3n) is 1.94. The average molecular weight is 314 g/mol. The number of benzene rings is 1. The highest BCUT2D eigenvalue weighted by Crippen LogP contribution is 2.15. The highest BCUT2D eigenvalue weighted by Gasteiger charge is 2.06. The molecule has 18 heavy (non-hydrogen) atoms. The second kappa shape index (κ2) is 7.00. The Balaban J connectivity index is 2.36. The van der Waals surface area contributed by atoms with Crippen molar-refractivity contribution in [2.75, 3.05) is 11.9 Å². The van der Waals surface area contributed by atoms with Crippen LogP contribution in [0.25, 0.3) is 0 Å². The molecule has 1 aromatic rings. The van der Waals surface area contributed by atoms with Gasteiger partial charge in [0.2, 0.25) is 5.91 Å². The Hall–Kier alpha value is -1.56. The zero-order valence-electron chi connectivity index (χ0n) is 10.3. The number of anilines is 1. The van der Waals surface area contributed by atoms with Crippen LogP contribution >= 0.6 is 15.9 Å². The summed E-state index contributed by atoms with van der Waals surface area (Å²) in [6.07, 6.45) is 0. The van der Waals surface area contributed by atoms with E-state index in [2.05, 4.69) is 31.9 Å². The van der Waals surface area contributed by atoms with Gasteiger partial charge in [-0.1, -0.05) is 22.0 Å². The van der Waals surface area contributed by atoms with Crippen LogP contribution in [0.3, 0.4) is 0 Å². The SMILES string of the molecule is CC(C)NC(=O)NCC(=O)Nc1cccc(Br)c1. The monoisotopic (exact) mass is 313 g/mol. The summed E-state index contributed by atoms with van der Waals surface area (Å²) in [6, 6.07) is 6.93. The van der Waals surface area contributed by atoms with Gasteiger partial charge in [-0.2, -0.15) is 0 Å². The van der Waals surface area contributed by atoms with E-state index in [0.717, 1.165) is 4.47 Å². The van der Waals surface area contributed by atoms with E-state index < -0.39 is 0 Å². The Morgan fingerprint density at radius 3 is 2.67 bits per heavy atom. The molecule has 0 saturated carbocycles. The smallest absolute Gasteiger partial charge is 0.315 e. The van der Waals surface area contributed by atoms with Gasteiger partial charge >= 0.3 is 6.03 Å². The van der Waals surface area contributed by atoms with Crippen molar-refractivity contribution < 1.29 is 9.59 Å². The molecule has 0 aromatic heterocycles. The molecule has 3 amide bonds. The molecule has 0 aliphatic heterocycles. The molecule has 0 spiro atoms. The Bertz CT molecular complexity index is 435. The van der Waals surface area contributed by atoms with E-state index in [0.29, 0.717) is 5.69 Å². The minimum atomic E-state index is -0.352. The van der Waals surface area contributed by atoms with E-state index in [4.69, 9.17) is 0 Å². The molecule has 0 fully saturated rings. The Labute approximate surface area is 114 Å². The zero-order valence-corrected chi connectivity index (χ0v) is 11.9. The second-order valence-electron chi connectivity index (χ2n) is 4.04. The summed E-state index contributed by atoms with van der Waals surface area (Å²) in [4.78, 5) is 22.8. The molecule has 3 N–H and O–H groups in total. The van der Waals surface area contributed by atoms with Gasteiger partial charge in [0.1, 0.15) is 0 Å². The van der Waals surface area contributed by atoms with Crippen molar-refractivity contribution in [2.24, 2.45) is 0 Å². The summed E-state index contributed by atoms with van der Waals surface area (Å²) in [6.45, 7) is 3.63. The van der Waals surface area contributed by atoms with E-state index >= 15 is 0 Å². The number of carbonyl (C=O) groups is 2. The third kappa shape index (κ3) is 5.67. The van der Waals surface area contributed by atoms with Crippen LogP contribution in [0.4, 0.5) is 10.5 Å². The average Bonchev–Trinajstić information content (AvgIpc) is 2.25. The number of carbonyl (C=O) groups excluding carboxylic acids is 2. The number of rotatable bonds is 4. The lowest BCUT2D eigenvalue weighted by atomic mass is 10.3. The largest absolute Gasteiger partial charge is 0.336 e. The standard InChI is InChI=1S/C12H16BrN3O2/c1-8(2)15-12(18)14-7-11(17)16-10-5-3-4-9(13)6-10/h3-6,8H,7H2,1-2H3,(H,16,17)(H2,14,15,18). The maximum absolute atomic E-state index is 11.5. The van der Waals surface area contributed by atoms with Gasteiger partial charge in [-0.05, 0) is 32.0 Å². The minimum Gasteiger partial charge on any atom is -0.336 e. The topological polar surface area (TPSA) is 70.2 Å². The van der Waals surface area contributed by atoms with Crippen molar-refractivity contribution in [3.63, 3.8) is 0 Å². The molecular formula is C12H16BrN3O2. The van der Waals surface area contributed by atoms with Crippen LogP contribution in [0, 0.1) is 0 Å².